The van der Waals surface area contributed by atoms with Crippen LogP contribution in [0.4, 0.5) is 0 Å². The lowest BCUT2D eigenvalue weighted by Gasteiger charge is -2.38. The second-order valence-electron chi connectivity index (χ2n) is 4.91. The first-order valence-corrected chi connectivity index (χ1v) is 6.49. The minimum absolute atomic E-state index is 0.000218. The Morgan fingerprint density at radius 1 is 1.35 bits per heavy atom. The Labute approximate surface area is 115 Å². The first-order chi connectivity index (χ1) is 9.72. The van der Waals surface area contributed by atoms with E-state index in [0.717, 1.165) is 26.1 Å². The Bertz CT molecular complexity index is 592. The van der Waals surface area contributed by atoms with E-state index in [2.05, 4.69) is 20.2 Å². The van der Waals surface area contributed by atoms with E-state index in [1.165, 1.54) is 11.8 Å². The van der Waals surface area contributed by atoms with E-state index in [-0.39, 0.29) is 11.7 Å². The maximum absolute atomic E-state index is 10.7. The summed E-state index contributed by atoms with van der Waals surface area (Å²) in [5.41, 5.74) is 1.28. The van der Waals surface area contributed by atoms with E-state index in [0.29, 0.717) is 0 Å². The van der Waals surface area contributed by atoms with Crippen molar-refractivity contribution in [1.29, 1.82) is 0 Å². The molecule has 7 nitrogen and oxygen atoms in total. The van der Waals surface area contributed by atoms with E-state index in [4.69, 9.17) is 5.11 Å². The molecule has 3 rings (SSSR count). The van der Waals surface area contributed by atoms with Gasteiger partial charge in [0.2, 0.25) is 0 Å². The van der Waals surface area contributed by atoms with Gasteiger partial charge in [-0.15, -0.1) is 5.10 Å². The van der Waals surface area contributed by atoms with Crippen molar-refractivity contribution in [2.24, 2.45) is 0 Å². The predicted molar refractivity (Wildman–Crippen MR) is 70.4 cm³/mol. The SMILES string of the molecule is O=C(O)c1cn(C2CN(CCc3ccncc3)C2)nn1. The molecule has 1 N–H and O–H groups in total. The fourth-order valence-corrected chi connectivity index (χ4v) is 2.28. The number of hydrogen-bond donors (Lipinski definition) is 1. The highest BCUT2D eigenvalue weighted by Gasteiger charge is 2.29. The molecular weight excluding hydrogens is 258 g/mol. The lowest BCUT2D eigenvalue weighted by atomic mass is 10.1. The molecule has 0 spiro atoms. The van der Waals surface area contributed by atoms with E-state index in [9.17, 15) is 4.79 Å². The molecule has 7 heteroatoms. The van der Waals surface area contributed by atoms with Gasteiger partial charge >= 0.3 is 5.97 Å². The number of aromatic carboxylic acids is 1. The van der Waals surface area contributed by atoms with Crippen LogP contribution in [0.5, 0.6) is 0 Å². The van der Waals surface area contributed by atoms with E-state index in [1.807, 2.05) is 12.1 Å². The van der Waals surface area contributed by atoms with Crippen molar-refractivity contribution in [3.8, 4) is 0 Å². The number of aromatic nitrogens is 4. The van der Waals surface area contributed by atoms with Gasteiger partial charge in [0.1, 0.15) is 0 Å². The van der Waals surface area contributed by atoms with E-state index in [1.54, 1.807) is 17.1 Å². The van der Waals surface area contributed by atoms with Crippen LogP contribution in [0.3, 0.4) is 0 Å². The molecule has 0 atom stereocenters. The van der Waals surface area contributed by atoms with E-state index < -0.39 is 5.97 Å². The van der Waals surface area contributed by atoms with Crippen molar-refractivity contribution in [3.05, 3.63) is 42.0 Å². The highest BCUT2D eigenvalue weighted by molar-refractivity contribution is 5.84. The molecule has 0 saturated carbocycles. The van der Waals surface area contributed by atoms with Crippen molar-refractivity contribution in [2.75, 3.05) is 19.6 Å². The fraction of sp³-hybridized carbons (Fsp3) is 0.385. The molecule has 0 bridgehead atoms. The lowest BCUT2D eigenvalue weighted by molar-refractivity contribution is 0.0690. The van der Waals surface area contributed by atoms with Gasteiger partial charge in [0.25, 0.3) is 0 Å². The van der Waals surface area contributed by atoms with Crippen molar-refractivity contribution in [3.63, 3.8) is 0 Å². The summed E-state index contributed by atoms with van der Waals surface area (Å²) in [4.78, 5) is 17.0. The smallest absolute Gasteiger partial charge is 0.358 e. The van der Waals surface area contributed by atoms with Gasteiger partial charge in [-0.05, 0) is 24.1 Å². The molecule has 104 valence electrons. The summed E-state index contributed by atoms with van der Waals surface area (Å²) in [5, 5.41) is 16.3. The van der Waals surface area contributed by atoms with Crippen LogP contribution in [-0.2, 0) is 6.42 Å². The molecule has 3 heterocycles. The first-order valence-electron chi connectivity index (χ1n) is 6.49. The molecule has 1 fully saturated rings. The Morgan fingerprint density at radius 3 is 2.75 bits per heavy atom. The van der Waals surface area contributed by atoms with Crippen LogP contribution in [0.2, 0.25) is 0 Å². The lowest BCUT2D eigenvalue weighted by Crippen LogP contribution is -2.48. The molecule has 1 aliphatic heterocycles. The van der Waals surface area contributed by atoms with Crippen LogP contribution >= 0.6 is 0 Å². The third-order valence-corrected chi connectivity index (χ3v) is 3.51. The van der Waals surface area contributed by atoms with Crippen molar-refractivity contribution < 1.29 is 9.90 Å². The number of carbonyl (C=O) groups is 1. The largest absolute Gasteiger partial charge is 0.476 e. The molecular formula is C13H15N5O2. The Hall–Kier alpha value is -2.28. The highest BCUT2D eigenvalue weighted by Crippen LogP contribution is 2.20. The van der Waals surface area contributed by atoms with Gasteiger partial charge in [0.15, 0.2) is 5.69 Å². The first kappa shape index (κ1) is 12.7. The molecule has 1 saturated heterocycles. The van der Waals surface area contributed by atoms with Gasteiger partial charge in [0, 0.05) is 32.0 Å². The van der Waals surface area contributed by atoms with Crippen LogP contribution in [0.25, 0.3) is 0 Å². The average Bonchev–Trinajstić information content (AvgIpc) is 2.88. The summed E-state index contributed by atoms with van der Waals surface area (Å²) >= 11 is 0. The van der Waals surface area contributed by atoms with Crippen molar-refractivity contribution >= 4 is 5.97 Å². The molecule has 0 aromatic carbocycles. The zero-order valence-corrected chi connectivity index (χ0v) is 10.9. The normalized spacial score (nSPS) is 16.0. The quantitative estimate of drug-likeness (QED) is 0.852. The highest BCUT2D eigenvalue weighted by atomic mass is 16.4. The predicted octanol–water partition coefficient (Wildman–Crippen LogP) is 0.471. The topological polar surface area (TPSA) is 84.1 Å². The number of hydrogen-bond acceptors (Lipinski definition) is 5. The molecule has 2 aromatic rings. The third-order valence-electron chi connectivity index (χ3n) is 3.51. The average molecular weight is 273 g/mol. The summed E-state index contributed by atoms with van der Waals surface area (Å²) in [5.74, 6) is -1.04. The summed E-state index contributed by atoms with van der Waals surface area (Å²) < 4.78 is 1.65. The van der Waals surface area contributed by atoms with Gasteiger partial charge in [-0.2, -0.15) is 0 Å². The standard InChI is InChI=1S/C13H15N5O2/c19-13(20)12-9-18(16-15-12)11-7-17(8-11)6-3-10-1-4-14-5-2-10/h1-2,4-5,9,11H,3,6-8H2,(H,19,20). The van der Waals surface area contributed by atoms with Gasteiger partial charge in [-0.25, -0.2) is 9.48 Å². The Morgan fingerprint density at radius 2 is 2.10 bits per heavy atom. The third kappa shape index (κ3) is 2.67. The van der Waals surface area contributed by atoms with Crippen LogP contribution in [-0.4, -0.2) is 55.6 Å². The number of nitrogens with zero attached hydrogens (tertiary/aromatic N) is 5. The maximum atomic E-state index is 10.7. The second kappa shape index (κ2) is 5.38. The van der Waals surface area contributed by atoms with Crippen LogP contribution in [0, 0.1) is 0 Å². The second-order valence-corrected chi connectivity index (χ2v) is 4.91. The van der Waals surface area contributed by atoms with Crippen LogP contribution in [0.1, 0.15) is 22.1 Å². The van der Waals surface area contributed by atoms with Gasteiger partial charge in [-0.1, -0.05) is 5.21 Å². The molecule has 0 radical (unpaired) electrons. The molecule has 0 aliphatic carbocycles. The minimum Gasteiger partial charge on any atom is -0.476 e. The molecule has 0 unspecified atom stereocenters. The molecule has 2 aromatic heterocycles. The molecule has 0 amide bonds. The summed E-state index contributed by atoms with van der Waals surface area (Å²) in [6.07, 6.45) is 6.09. The molecule has 20 heavy (non-hydrogen) atoms. The Kier molecular flexibility index (Phi) is 3.42. The number of pyridine rings is 1. The van der Waals surface area contributed by atoms with Gasteiger partial charge in [0.05, 0.1) is 12.2 Å². The number of carboxylic acids is 1. The van der Waals surface area contributed by atoms with Crippen LogP contribution in [0.15, 0.2) is 30.7 Å². The minimum atomic E-state index is -1.04. The number of likely N-dealkylation sites (tertiary alicyclic amines) is 1. The van der Waals surface area contributed by atoms with Gasteiger partial charge in [-0.3, -0.25) is 9.88 Å². The summed E-state index contributed by atoms with van der Waals surface area (Å²) in [6, 6.07) is 4.27. The summed E-state index contributed by atoms with van der Waals surface area (Å²) in [6.45, 7) is 2.75. The van der Waals surface area contributed by atoms with Crippen LogP contribution < -0.4 is 0 Å². The number of carboxylic acid groups (broad SMARTS) is 1. The number of rotatable bonds is 5. The van der Waals surface area contributed by atoms with Crippen molar-refractivity contribution in [2.45, 2.75) is 12.5 Å². The van der Waals surface area contributed by atoms with Crippen molar-refractivity contribution in [1.82, 2.24) is 24.9 Å². The zero-order chi connectivity index (χ0) is 13.9. The Balaban J connectivity index is 1.47. The van der Waals surface area contributed by atoms with E-state index >= 15 is 0 Å². The van der Waals surface area contributed by atoms with Gasteiger partial charge < -0.3 is 5.11 Å². The summed E-state index contributed by atoms with van der Waals surface area (Å²) in [7, 11) is 0. The monoisotopic (exact) mass is 273 g/mol. The zero-order valence-electron chi connectivity index (χ0n) is 10.9. The molecule has 1 aliphatic rings. The fourth-order valence-electron chi connectivity index (χ4n) is 2.28. The maximum Gasteiger partial charge on any atom is 0.358 e.